The first-order valence-electron chi connectivity index (χ1n) is 17.4. The molecule has 2 aromatic carbocycles. The summed E-state index contributed by atoms with van der Waals surface area (Å²) >= 11 is 0. The Labute approximate surface area is 296 Å². The fourth-order valence-corrected chi connectivity index (χ4v) is 7.51. The number of ketones is 1. The number of hydroxylamine groups is 1. The highest BCUT2D eigenvalue weighted by Crippen LogP contribution is 2.38. The van der Waals surface area contributed by atoms with Crippen LogP contribution in [0.25, 0.3) is 0 Å². The van der Waals surface area contributed by atoms with Gasteiger partial charge in [-0.05, 0) is 56.2 Å². The Hall–Kier alpha value is -3.85. The van der Waals surface area contributed by atoms with Crippen LogP contribution in [0.4, 0.5) is 0 Å². The highest BCUT2D eigenvalue weighted by atomic mass is 32.2. The Balaban J connectivity index is 0.000000521. The summed E-state index contributed by atoms with van der Waals surface area (Å²) in [6, 6.07) is 14.6. The third-order valence-corrected chi connectivity index (χ3v) is 10.6. The molecule has 4 rings (SSSR count). The number of hydrazone groups is 1. The van der Waals surface area contributed by atoms with Crippen molar-refractivity contribution in [2.24, 2.45) is 28.2 Å². The van der Waals surface area contributed by atoms with E-state index in [1.807, 2.05) is 56.1 Å². The van der Waals surface area contributed by atoms with Crippen LogP contribution in [0, 0.1) is 24.2 Å². The molecule has 14 heteroatoms. The van der Waals surface area contributed by atoms with E-state index >= 15 is 0 Å². The molecule has 1 saturated carbocycles. The minimum Gasteiger partial charge on any atom is -0.345 e. The molecule has 50 heavy (non-hydrogen) atoms. The molecule has 0 aromatic heterocycles. The summed E-state index contributed by atoms with van der Waals surface area (Å²) < 4.78 is 29.6. The summed E-state index contributed by atoms with van der Waals surface area (Å²) in [4.78, 5) is 43.1. The van der Waals surface area contributed by atoms with Gasteiger partial charge in [0.2, 0.25) is 11.8 Å². The molecule has 0 saturated heterocycles. The van der Waals surface area contributed by atoms with Gasteiger partial charge >= 0.3 is 0 Å². The second-order valence-corrected chi connectivity index (χ2v) is 14.9. The van der Waals surface area contributed by atoms with Crippen LogP contribution in [0.15, 0.2) is 64.6 Å². The van der Waals surface area contributed by atoms with Crippen LogP contribution in [0.1, 0.15) is 88.7 Å². The van der Waals surface area contributed by atoms with E-state index in [9.17, 15) is 28.0 Å². The topological polar surface area (TPSA) is 195 Å². The van der Waals surface area contributed by atoms with Crippen molar-refractivity contribution in [1.29, 1.82) is 0 Å². The monoisotopic (exact) mass is 714 g/mol. The summed E-state index contributed by atoms with van der Waals surface area (Å²) in [6.45, 7) is 4.06. The lowest BCUT2D eigenvalue weighted by Crippen LogP contribution is -2.59. The smallest absolute Gasteiger partial charge is 0.294 e. The van der Waals surface area contributed by atoms with Crippen LogP contribution in [0.5, 0.6) is 0 Å². The maximum atomic E-state index is 14.7. The number of nitrogens with one attached hydrogen (secondary N) is 2. The molecule has 6 N–H and O–H groups in total. The molecule has 0 radical (unpaired) electrons. The molecule has 13 nitrogen and oxygen atoms in total. The lowest BCUT2D eigenvalue weighted by Gasteiger charge is -2.39. The molecule has 2 aliphatic rings. The minimum atomic E-state index is -4.02. The Morgan fingerprint density at radius 2 is 1.70 bits per heavy atom. The fraction of sp³-hybridized carbons (Fsp3) is 0.556. The van der Waals surface area contributed by atoms with E-state index in [-0.39, 0.29) is 23.5 Å². The number of Topliss-reactive ketones (excluding diaryl/α,β-unsaturated/α-hetero) is 1. The van der Waals surface area contributed by atoms with Gasteiger partial charge in [-0.2, -0.15) is 13.5 Å². The average molecular weight is 715 g/mol. The zero-order valence-electron chi connectivity index (χ0n) is 29.5. The number of nitrogens with two attached hydrogens (primary N) is 1. The van der Waals surface area contributed by atoms with Gasteiger partial charge in [0.05, 0.1) is 10.8 Å². The van der Waals surface area contributed by atoms with E-state index in [0.29, 0.717) is 31.8 Å². The first-order chi connectivity index (χ1) is 23.9. The normalized spacial score (nSPS) is 17.2. The second kappa shape index (κ2) is 19.5. The van der Waals surface area contributed by atoms with Crippen molar-refractivity contribution in [1.82, 2.24) is 20.8 Å². The number of hydrazine groups is 1. The van der Waals surface area contributed by atoms with Crippen molar-refractivity contribution >= 4 is 34.1 Å². The zero-order valence-corrected chi connectivity index (χ0v) is 30.3. The summed E-state index contributed by atoms with van der Waals surface area (Å²) in [5, 5.41) is 15.7. The predicted octanol–water partition coefficient (Wildman–Crippen LogP) is 4.60. The van der Waals surface area contributed by atoms with E-state index < -0.39 is 39.3 Å². The van der Waals surface area contributed by atoms with E-state index in [1.54, 1.807) is 29.0 Å². The molecule has 2 aromatic rings. The summed E-state index contributed by atoms with van der Waals surface area (Å²) in [5.41, 5.74) is 4.55. The van der Waals surface area contributed by atoms with Crippen molar-refractivity contribution in [2.45, 2.75) is 102 Å². The first kappa shape index (κ1) is 40.6. The zero-order chi connectivity index (χ0) is 36.7. The molecular formula is C36H54N6O7S. The van der Waals surface area contributed by atoms with Gasteiger partial charge < -0.3 is 4.90 Å². The molecule has 276 valence electrons. The van der Waals surface area contributed by atoms with Gasteiger partial charge in [-0.15, -0.1) is 0 Å². The number of carbonyl (C=O) groups is 3. The Bertz CT molecular complexity index is 1520. The van der Waals surface area contributed by atoms with E-state index in [1.165, 1.54) is 44.2 Å². The summed E-state index contributed by atoms with van der Waals surface area (Å²) in [7, 11) is -2.19. The third kappa shape index (κ3) is 11.3. The van der Waals surface area contributed by atoms with Gasteiger partial charge in [-0.1, -0.05) is 106 Å². The van der Waals surface area contributed by atoms with Gasteiger partial charge in [0.1, 0.15) is 24.5 Å². The Kier molecular flexibility index (Phi) is 15.8. The van der Waals surface area contributed by atoms with Gasteiger partial charge in [-0.3, -0.25) is 34.6 Å². The molecule has 1 aliphatic heterocycles. The van der Waals surface area contributed by atoms with Gasteiger partial charge in [0.25, 0.3) is 10.1 Å². The number of benzene rings is 2. The Morgan fingerprint density at radius 3 is 2.24 bits per heavy atom. The molecular weight excluding hydrogens is 660 g/mol. The van der Waals surface area contributed by atoms with Gasteiger partial charge in [-0.25, -0.2) is 11.3 Å². The highest BCUT2D eigenvalue weighted by molar-refractivity contribution is 7.85. The van der Waals surface area contributed by atoms with Crippen molar-refractivity contribution in [2.75, 3.05) is 13.7 Å². The van der Waals surface area contributed by atoms with Crippen LogP contribution in [-0.4, -0.2) is 71.8 Å². The van der Waals surface area contributed by atoms with E-state index in [0.717, 1.165) is 24.0 Å². The van der Waals surface area contributed by atoms with Crippen molar-refractivity contribution < 1.29 is 32.6 Å². The van der Waals surface area contributed by atoms with Crippen LogP contribution in [0.2, 0.25) is 0 Å². The molecule has 0 bridgehead atoms. The van der Waals surface area contributed by atoms with Gasteiger partial charge in [0.15, 0.2) is 5.78 Å². The Morgan fingerprint density at radius 1 is 1.04 bits per heavy atom. The SMILES string of the molecule is CCCC(CCc1ccccc1)(C(=O)NN)C(=O)[C@@H]([C@H](CCCC1CCCCC1)C(=O)NO)N1CN(C)C=N1.Cc1ccc(S(=O)(=O)O)cc1. The van der Waals surface area contributed by atoms with Crippen LogP contribution in [-0.2, 0) is 30.9 Å². The number of hydrogen-bond donors (Lipinski definition) is 5. The van der Waals surface area contributed by atoms with Crippen molar-refractivity contribution in [3.63, 3.8) is 0 Å². The molecule has 2 amide bonds. The molecule has 1 heterocycles. The third-order valence-electron chi connectivity index (χ3n) is 9.75. The number of nitrogens with zero attached hydrogens (tertiary/aromatic N) is 3. The maximum Gasteiger partial charge on any atom is 0.294 e. The summed E-state index contributed by atoms with van der Waals surface area (Å²) in [6.07, 6.45) is 11.4. The number of aryl methyl sites for hydroxylation is 2. The van der Waals surface area contributed by atoms with Crippen LogP contribution in [0.3, 0.4) is 0 Å². The minimum absolute atomic E-state index is 0.0666. The van der Waals surface area contributed by atoms with Crippen LogP contribution < -0.4 is 16.7 Å². The van der Waals surface area contributed by atoms with Crippen molar-refractivity contribution in [3.05, 3.63) is 65.7 Å². The molecule has 1 unspecified atom stereocenters. The molecule has 1 fully saturated rings. The average Bonchev–Trinajstić information content (AvgIpc) is 3.55. The van der Waals surface area contributed by atoms with Crippen LogP contribution >= 0.6 is 0 Å². The number of hydrogen-bond acceptors (Lipinski definition) is 10. The standard InChI is InChI=1S/C29H46N6O4.C7H8O3S/c1-3-18-29(28(38)32-30,19-17-23-13-8-5-9-14-23)26(36)25(35-21-34(2)20-31-35)24(27(37)33-39)16-10-15-22-11-6-4-7-12-22;1-6-2-4-7(5-3-6)11(8,9)10/h5,8-9,13-14,20,22,24-25,39H,3-4,6-7,10-12,15-19,21,30H2,1-2H3,(H,32,38)(H,33,37);2-5H,1H3,(H,8,9,10)/t24-,25+,29?;/m0./s1. The predicted molar refractivity (Wildman–Crippen MR) is 191 cm³/mol. The molecule has 3 atom stereocenters. The maximum absolute atomic E-state index is 14.7. The van der Waals surface area contributed by atoms with E-state index in [4.69, 9.17) is 10.4 Å². The highest BCUT2D eigenvalue weighted by Gasteiger charge is 2.52. The van der Waals surface area contributed by atoms with E-state index in [2.05, 4.69) is 10.5 Å². The van der Waals surface area contributed by atoms with Crippen molar-refractivity contribution in [3.8, 4) is 0 Å². The number of rotatable bonds is 16. The molecule has 1 aliphatic carbocycles. The molecule has 0 spiro atoms. The quantitative estimate of drug-likeness (QED) is 0.0410. The largest absolute Gasteiger partial charge is 0.345 e. The lowest BCUT2D eigenvalue weighted by molar-refractivity contribution is -0.152. The number of carbonyl (C=O) groups excluding carboxylic acids is 3. The number of amides is 2. The second-order valence-electron chi connectivity index (χ2n) is 13.5. The van der Waals surface area contributed by atoms with Gasteiger partial charge in [0, 0.05) is 7.05 Å². The fourth-order valence-electron chi connectivity index (χ4n) is 7.03. The lowest BCUT2D eigenvalue weighted by atomic mass is 9.69. The summed E-state index contributed by atoms with van der Waals surface area (Å²) in [5.74, 6) is 3.83. The first-order valence-corrected chi connectivity index (χ1v) is 18.9.